The number of rotatable bonds is 5. The van der Waals surface area contributed by atoms with Gasteiger partial charge in [0.15, 0.2) is 5.25 Å². The smallest absolute Gasteiger partial charge is 0.250 e. The number of allylic oxidation sites excluding steroid dienone is 1. The van der Waals surface area contributed by atoms with Gasteiger partial charge in [0.25, 0.3) is 5.91 Å². The van der Waals surface area contributed by atoms with Crippen molar-refractivity contribution in [3.8, 4) is 0 Å². The SMILES string of the molecule is C=C(C)c1ccc2c(c1)SC(C(=O)N1CCCCC1)C(=O)N2CC(=O)NC1CCCCC1. The number of fused-ring (bicyclic) bond motifs is 1. The molecule has 32 heavy (non-hydrogen) atoms. The summed E-state index contributed by atoms with van der Waals surface area (Å²) in [6.07, 6.45) is 8.52. The average Bonchev–Trinajstić information content (AvgIpc) is 2.81. The molecule has 6 nitrogen and oxygen atoms in total. The van der Waals surface area contributed by atoms with E-state index in [9.17, 15) is 14.4 Å². The van der Waals surface area contributed by atoms with Gasteiger partial charge in [0.1, 0.15) is 6.54 Å². The summed E-state index contributed by atoms with van der Waals surface area (Å²) in [4.78, 5) is 43.8. The largest absolute Gasteiger partial charge is 0.352 e. The minimum atomic E-state index is -0.844. The van der Waals surface area contributed by atoms with Crippen molar-refractivity contribution in [1.29, 1.82) is 0 Å². The Balaban J connectivity index is 1.58. The van der Waals surface area contributed by atoms with Crippen LogP contribution in [0, 0.1) is 0 Å². The molecule has 2 fully saturated rings. The van der Waals surface area contributed by atoms with Crippen LogP contribution >= 0.6 is 11.8 Å². The van der Waals surface area contributed by atoms with E-state index < -0.39 is 5.25 Å². The minimum absolute atomic E-state index is 0.0565. The quantitative estimate of drug-likeness (QED) is 0.682. The molecule has 3 aliphatic rings. The van der Waals surface area contributed by atoms with Gasteiger partial charge in [-0.3, -0.25) is 14.4 Å². The van der Waals surface area contributed by atoms with E-state index in [1.807, 2.05) is 30.0 Å². The predicted molar refractivity (Wildman–Crippen MR) is 129 cm³/mol. The molecule has 1 unspecified atom stereocenters. The van der Waals surface area contributed by atoms with E-state index in [4.69, 9.17) is 0 Å². The van der Waals surface area contributed by atoms with Crippen LogP contribution in [0.2, 0.25) is 0 Å². The Morgan fingerprint density at radius 3 is 2.47 bits per heavy atom. The highest BCUT2D eigenvalue weighted by atomic mass is 32.2. The lowest BCUT2D eigenvalue weighted by molar-refractivity contribution is -0.136. The lowest BCUT2D eigenvalue weighted by Crippen LogP contribution is -2.53. The number of anilines is 1. The fourth-order valence-corrected chi connectivity index (χ4v) is 6.02. The second-order valence-corrected chi connectivity index (χ2v) is 10.3. The van der Waals surface area contributed by atoms with E-state index in [0.717, 1.165) is 61.0 Å². The summed E-state index contributed by atoms with van der Waals surface area (Å²) < 4.78 is 0. The Morgan fingerprint density at radius 2 is 1.78 bits per heavy atom. The summed E-state index contributed by atoms with van der Waals surface area (Å²) in [6.45, 7) is 7.30. The van der Waals surface area contributed by atoms with Gasteiger partial charge in [0, 0.05) is 24.0 Å². The van der Waals surface area contributed by atoms with Crippen molar-refractivity contribution in [1.82, 2.24) is 10.2 Å². The van der Waals surface area contributed by atoms with E-state index in [-0.39, 0.29) is 30.3 Å². The third kappa shape index (κ3) is 5.03. The number of carbonyl (C=O) groups excluding carboxylic acids is 3. The third-order valence-electron chi connectivity index (χ3n) is 6.64. The fraction of sp³-hybridized carbons (Fsp3) is 0.560. The number of nitrogens with zero attached hydrogens (tertiary/aromatic N) is 2. The Morgan fingerprint density at radius 1 is 1.09 bits per heavy atom. The summed E-state index contributed by atoms with van der Waals surface area (Å²) in [5.41, 5.74) is 2.60. The summed E-state index contributed by atoms with van der Waals surface area (Å²) >= 11 is 1.31. The van der Waals surface area contributed by atoms with Crippen molar-refractivity contribution in [2.75, 3.05) is 24.5 Å². The lowest BCUT2D eigenvalue weighted by atomic mass is 9.95. The van der Waals surface area contributed by atoms with Crippen LogP contribution in [-0.2, 0) is 14.4 Å². The first-order valence-corrected chi connectivity index (χ1v) is 12.7. The molecule has 0 spiro atoms. The minimum Gasteiger partial charge on any atom is -0.352 e. The van der Waals surface area contributed by atoms with Gasteiger partial charge in [0.2, 0.25) is 11.8 Å². The second-order valence-electron chi connectivity index (χ2n) is 9.17. The molecule has 4 rings (SSSR count). The maximum absolute atomic E-state index is 13.5. The Kier molecular flexibility index (Phi) is 7.23. The summed E-state index contributed by atoms with van der Waals surface area (Å²) in [7, 11) is 0. The molecule has 1 N–H and O–H groups in total. The average molecular weight is 456 g/mol. The molecule has 1 saturated carbocycles. The van der Waals surface area contributed by atoms with E-state index >= 15 is 0 Å². The van der Waals surface area contributed by atoms with Crippen LogP contribution in [0.25, 0.3) is 5.57 Å². The Hall–Kier alpha value is -2.28. The van der Waals surface area contributed by atoms with Crippen LogP contribution in [0.15, 0.2) is 29.7 Å². The number of thioether (sulfide) groups is 1. The Bertz CT molecular complexity index is 904. The first kappa shape index (κ1) is 22.9. The second kappa shape index (κ2) is 10.1. The van der Waals surface area contributed by atoms with Crippen molar-refractivity contribution >= 4 is 40.7 Å². The van der Waals surface area contributed by atoms with Crippen molar-refractivity contribution in [3.05, 3.63) is 30.3 Å². The van der Waals surface area contributed by atoms with Crippen LogP contribution in [-0.4, -0.2) is 53.5 Å². The van der Waals surface area contributed by atoms with Gasteiger partial charge in [-0.05, 0) is 56.7 Å². The molecule has 172 valence electrons. The number of amides is 3. The molecule has 0 bridgehead atoms. The molecule has 1 saturated heterocycles. The third-order valence-corrected chi connectivity index (χ3v) is 7.86. The molecule has 0 radical (unpaired) electrons. The maximum Gasteiger partial charge on any atom is 0.250 e. The Labute approximate surface area is 194 Å². The van der Waals surface area contributed by atoms with E-state index in [1.54, 1.807) is 0 Å². The van der Waals surface area contributed by atoms with Gasteiger partial charge in [-0.25, -0.2) is 0 Å². The highest BCUT2D eigenvalue weighted by molar-refractivity contribution is 8.01. The molecule has 0 aromatic heterocycles. The maximum atomic E-state index is 13.5. The van der Waals surface area contributed by atoms with E-state index in [0.29, 0.717) is 18.8 Å². The highest BCUT2D eigenvalue weighted by Crippen LogP contribution is 2.41. The normalized spacial score (nSPS) is 21.8. The van der Waals surface area contributed by atoms with Crippen LogP contribution in [0.3, 0.4) is 0 Å². The van der Waals surface area contributed by atoms with Crippen LogP contribution in [0.5, 0.6) is 0 Å². The molecule has 7 heteroatoms. The first-order chi connectivity index (χ1) is 15.4. The molecule has 1 aromatic carbocycles. The monoisotopic (exact) mass is 455 g/mol. The number of likely N-dealkylation sites (tertiary alicyclic amines) is 1. The van der Waals surface area contributed by atoms with Gasteiger partial charge in [0.05, 0.1) is 5.69 Å². The molecular weight excluding hydrogens is 422 g/mol. The van der Waals surface area contributed by atoms with Gasteiger partial charge in [-0.15, -0.1) is 11.8 Å². The van der Waals surface area contributed by atoms with E-state index in [2.05, 4.69) is 11.9 Å². The molecule has 1 aromatic rings. The summed E-state index contributed by atoms with van der Waals surface area (Å²) in [5.74, 6) is -0.583. The number of benzene rings is 1. The number of nitrogens with one attached hydrogen (secondary N) is 1. The molecule has 3 amide bonds. The summed E-state index contributed by atoms with van der Waals surface area (Å²) in [6, 6.07) is 5.96. The fourth-order valence-electron chi connectivity index (χ4n) is 4.80. The molecule has 1 atom stereocenters. The molecule has 2 aliphatic heterocycles. The number of piperidine rings is 1. The standard InChI is InChI=1S/C25H33N3O3S/c1-17(2)18-11-12-20-21(15-18)32-23(24(30)27-13-7-4-8-14-27)25(31)28(20)16-22(29)26-19-9-5-3-6-10-19/h11-12,15,19,23H,1,3-10,13-14,16H2,2H3,(H,26,29). The predicted octanol–water partition coefficient (Wildman–Crippen LogP) is 3.99. The van der Waals surface area contributed by atoms with Crippen molar-refractivity contribution in [3.63, 3.8) is 0 Å². The highest BCUT2D eigenvalue weighted by Gasteiger charge is 2.41. The van der Waals surface area contributed by atoms with Gasteiger partial charge in [-0.2, -0.15) is 0 Å². The number of hydrogen-bond acceptors (Lipinski definition) is 4. The van der Waals surface area contributed by atoms with Crippen molar-refractivity contribution in [2.24, 2.45) is 0 Å². The van der Waals surface area contributed by atoms with Crippen LogP contribution in [0.1, 0.15) is 63.9 Å². The number of hydrogen-bond donors (Lipinski definition) is 1. The molecular formula is C25H33N3O3S. The summed E-state index contributed by atoms with van der Waals surface area (Å²) in [5, 5.41) is 2.26. The lowest BCUT2D eigenvalue weighted by Gasteiger charge is -2.36. The zero-order chi connectivity index (χ0) is 22.7. The van der Waals surface area contributed by atoms with Gasteiger partial charge < -0.3 is 15.1 Å². The van der Waals surface area contributed by atoms with E-state index in [1.165, 1.54) is 23.1 Å². The zero-order valence-corrected chi connectivity index (χ0v) is 19.7. The molecule has 2 heterocycles. The number of carbonyl (C=O) groups is 3. The molecule has 1 aliphatic carbocycles. The van der Waals surface area contributed by atoms with Crippen molar-refractivity contribution < 1.29 is 14.4 Å². The van der Waals surface area contributed by atoms with Gasteiger partial charge in [-0.1, -0.05) is 37.5 Å². The topological polar surface area (TPSA) is 69.7 Å². The van der Waals surface area contributed by atoms with Crippen LogP contribution < -0.4 is 10.2 Å². The zero-order valence-electron chi connectivity index (χ0n) is 18.9. The van der Waals surface area contributed by atoms with Crippen LogP contribution in [0.4, 0.5) is 5.69 Å². The van der Waals surface area contributed by atoms with Crippen molar-refractivity contribution in [2.45, 2.75) is 74.5 Å². The first-order valence-electron chi connectivity index (χ1n) is 11.8. The van der Waals surface area contributed by atoms with Gasteiger partial charge >= 0.3 is 0 Å².